The highest BCUT2D eigenvalue weighted by atomic mass is 32.2. The number of carbonyl (C=O) groups is 1. The molecule has 0 spiro atoms. The lowest BCUT2D eigenvalue weighted by atomic mass is 10.3. The topological polar surface area (TPSA) is 98.6 Å². The minimum atomic E-state index is -0.112. The second-order valence-electron chi connectivity index (χ2n) is 4.04. The van der Waals surface area contributed by atoms with Crippen LogP contribution < -0.4 is 0 Å². The van der Waals surface area contributed by atoms with Gasteiger partial charge in [0, 0.05) is 19.6 Å². The zero-order valence-corrected chi connectivity index (χ0v) is 12.4. The molecule has 0 atom stereocenters. The van der Waals surface area contributed by atoms with Gasteiger partial charge in [-0.1, -0.05) is 17.8 Å². The van der Waals surface area contributed by atoms with Gasteiger partial charge in [-0.15, -0.1) is 16.8 Å². The third-order valence-electron chi connectivity index (χ3n) is 2.57. The summed E-state index contributed by atoms with van der Waals surface area (Å²) in [4.78, 5) is 13.7. The number of nitriles is 2. The highest BCUT2D eigenvalue weighted by molar-refractivity contribution is 7.99. The monoisotopic (exact) mass is 304 g/mol. The van der Waals surface area contributed by atoms with Gasteiger partial charge in [0.2, 0.25) is 5.91 Å². The summed E-state index contributed by atoms with van der Waals surface area (Å²) in [6.45, 7) is 4.91. The van der Waals surface area contributed by atoms with E-state index in [1.54, 1.807) is 17.0 Å². The molecular formula is C13H16N6OS. The maximum absolute atomic E-state index is 12.1. The number of hydrogen-bond acceptors (Lipinski definition) is 6. The van der Waals surface area contributed by atoms with Crippen LogP contribution in [0.25, 0.3) is 0 Å². The molecule has 1 aromatic heterocycles. The average Bonchev–Trinajstić information content (AvgIpc) is 2.93. The fourth-order valence-electron chi connectivity index (χ4n) is 1.57. The van der Waals surface area contributed by atoms with Crippen LogP contribution in [0.2, 0.25) is 0 Å². The smallest absolute Gasteiger partial charge is 0.233 e. The van der Waals surface area contributed by atoms with Crippen molar-refractivity contribution in [2.75, 3.05) is 18.8 Å². The van der Waals surface area contributed by atoms with Crippen LogP contribution in [0, 0.1) is 22.7 Å². The quantitative estimate of drug-likeness (QED) is 0.502. The van der Waals surface area contributed by atoms with Gasteiger partial charge >= 0.3 is 0 Å². The Hall–Kier alpha value is -2.32. The number of aromatic nitrogens is 3. The molecule has 0 unspecified atom stereocenters. The van der Waals surface area contributed by atoms with Crippen molar-refractivity contribution in [2.24, 2.45) is 0 Å². The molecule has 0 aliphatic heterocycles. The number of hydrogen-bond donors (Lipinski definition) is 0. The first-order valence-electron chi connectivity index (χ1n) is 6.36. The highest BCUT2D eigenvalue weighted by Gasteiger charge is 2.15. The second kappa shape index (κ2) is 9.56. The molecule has 1 amide bonds. The molecule has 7 nitrogen and oxygen atoms in total. The minimum absolute atomic E-state index is 0.112. The Morgan fingerprint density at radius 1 is 1.43 bits per heavy atom. The summed E-state index contributed by atoms with van der Waals surface area (Å²) < 4.78 is 1.79. The van der Waals surface area contributed by atoms with Gasteiger partial charge in [-0.3, -0.25) is 4.79 Å². The molecule has 0 N–H and O–H groups in total. The molecule has 0 fully saturated rings. The Kier molecular flexibility index (Phi) is 7.62. The normalized spacial score (nSPS) is 9.62. The Balaban J connectivity index is 2.56. The predicted molar refractivity (Wildman–Crippen MR) is 78.0 cm³/mol. The Labute approximate surface area is 127 Å². The number of rotatable bonds is 9. The van der Waals surface area contributed by atoms with Gasteiger partial charge in [0.1, 0.15) is 6.33 Å². The van der Waals surface area contributed by atoms with Gasteiger partial charge in [0.05, 0.1) is 30.7 Å². The molecule has 0 saturated heterocycles. The summed E-state index contributed by atoms with van der Waals surface area (Å²) in [6, 6.07) is 4.01. The van der Waals surface area contributed by atoms with E-state index >= 15 is 0 Å². The number of allylic oxidation sites excluding steroid dienone is 1. The van der Waals surface area contributed by atoms with E-state index in [4.69, 9.17) is 10.5 Å². The largest absolute Gasteiger partial charge is 0.340 e. The van der Waals surface area contributed by atoms with Crippen molar-refractivity contribution in [3.8, 4) is 12.1 Å². The molecule has 0 radical (unpaired) electrons. The SMILES string of the molecule is C=CCn1cnnc1SCC(=O)N(CCC#N)CCC#N. The molecule has 0 bridgehead atoms. The van der Waals surface area contributed by atoms with Crippen molar-refractivity contribution in [3.05, 3.63) is 19.0 Å². The average molecular weight is 304 g/mol. The second-order valence-corrected chi connectivity index (χ2v) is 4.98. The fourth-order valence-corrected chi connectivity index (χ4v) is 2.40. The van der Waals surface area contributed by atoms with E-state index in [2.05, 4.69) is 16.8 Å². The maximum atomic E-state index is 12.1. The van der Waals surface area contributed by atoms with Crippen molar-refractivity contribution < 1.29 is 4.79 Å². The lowest BCUT2D eigenvalue weighted by Crippen LogP contribution is -2.34. The third kappa shape index (κ3) is 5.67. The lowest BCUT2D eigenvalue weighted by Gasteiger charge is -2.19. The van der Waals surface area contributed by atoms with Crippen molar-refractivity contribution in [3.63, 3.8) is 0 Å². The molecule has 1 aromatic rings. The van der Waals surface area contributed by atoms with Gasteiger partial charge < -0.3 is 9.47 Å². The maximum Gasteiger partial charge on any atom is 0.233 e. The van der Waals surface area contributed by atoms with Gasteiger partial charge in [0.15, 0.2) is 5.16 Å². The summed E-state index contributed by atoms with van der Waals surface area (Å²) in [5.74, 6) is 0.0887. The molecule has 110 valence electrons. The first kappa shape index (κ1) is 16.7. The van der Waals surface area contributed by atoms with Crippen LogP contribution in [-0.2, 0) is 11.3 Å². The molecule has 0 aliphatic carbocycles. The van der Waals surface area contributed by atoms with Crippen LogP contribution >= 0.6 is 11.8 Å². The first-order chi connectivity index (χ1) is 10.2. The van der Waals surface area contributed by atoms with E-state index in [1.165, 1.54) is 16.7 Å². The van der Waals surface area contributed by atoms with E-state index in [9.17, 15) is 4.79 Å². The number of amides is 1. The summed E-state index contributed by atoms with van der Waals surface area (Å²) in [6.07, 6.45) is 3.82. The standard InChI is InChI=1S/C13H16N6OS/c1-2-7-19-11-16-17-13(19)21-10-12(20)18(8-3-5-14)9-4-6-15/h2,11H,1,3-4,7-10H2. The van der Waals surface area contributed by atoms with Crippen molar-refractivity contribution in [1.29, 1.82) is 10.5 Å². The van der Waals surface area contributed by atoms with Crippen molar-refractivity contribution in [1.82, 2.24) is 19.7 Å². The fraction of sp³-hybridized carbons (Fsp3) is 0.462. The molecule has 0 aromatic carbocycles. The molecule has 21 heavy (non-hydrogen) atoms. The zero-order chi connectivity index (χ0) is 15.5. The minimum Gasteiger partial charge on any atom is -0.340 e. The Morgan fingerprint density at radius 3 is 2.67 bits per heavy atom. The predicted octanol–water partition coefficient (Wildman–Crippen LogP) is 1.21. The van der Waals surface area contributed by atoms with E-state index < -0.39 is 0 Å². The summed E-state index contributed by atoms with van der Waals surface area (Å²) in [5, 5.41) is 25.6. The van der Waals surface area contributed by atoms with Gasteiger partial charge in [-0.05, 0) is 0 Å². The van der Waals surface area contributed by atoms with E-state index in [-0.39, 0.29) is 24.5 Å². The van der Waals surface area contributed by atoms with E-state index in [1.807, 2.05) is 12.1 Å². The molecule has 0 aliphatic rings. The van der Waals surface area contributed by atoms with Crippen LogP contribution in [-0.4, -0.2) is 44.4 Å². The third-order valence-corrected chi connectivity index (χ3v) is 3.54. The summed E-state index contributed by atoms with van der Waals surface area (Å²) >= 11 is 1.28. The van der Waals surface area contributed by atoms with Gasteiger partial charge in [-0.2, -0.15) is 10.5 Å². The number of nitrogens with zero attached hydrogens (tertiary/aromatic N) is 6. The summed E-state index contributed by atoms with van der Waals surface area (Å²) in [5.41, 5.74) is 0. The molecule has 0 saturated carbocycles. The van der Waals surface area contributed by atoms with Crippen LogP contribution in [0.4, 0.5) is 0 Å². The van der Waals surface area contributed by atoms with Gasteiger partial charge in [-0.25, -0.2) is 0 Å². The first-order valence-corrected chi connectivity index (χ1v) is 7.34. The van der Waals surface area contributed by atoms with Crippen LogP contribution in [0.1, 0.15) is 12.8 Å². The molecule has 1 rings (SSSR count). The van der Waals surface area contributed by atoms with Crippen LogP contribution in [0.3, 0.4) is 0 Å². The summed E-state index contributed by atoms with van der Waals surface area (Å²) in [7, 11) is 0. The van der Waals surface area contributed by atoms with Gasteiger partial charge in [0.25, 0.3) is 0 Å². The lowest BCUT2D eigenvalue weighted by molar-refractivity contribution is -0.128. The van der Waals surface area contributed by atoms with Crippen molar-refractivity contribution >= 4 is 17.7 Å². The molecule has 8 heteroatoms. The molecular weight excluding hydrogens is 288 g/mol. The van der Waals surface area contributed by atoms with E-state index in [0.717, 1.165) is 0 Å². The molecule has 1 heterocycles. The van der Waals surface area contributed by atoms with Crippen LogP contribution in [0.15, 0.2) is 24.1 Å². The van der Waals surface area contributed by atoms with Crippen molar-refractivity contribution in [2.45, 2.75) is 24.5 Å². The Morgan fingerprint density at radius 2 is 2.10 bits per heavy atom. The number of carbonyl (C=O) groups excluding carboxylic acids is 1. The van der Waals surface area contributed by atoms with Crippen LogP contribution in [0.5, 0.6) is 0 Å². The van der Waals surface area contributed by atoms with E-state index in [0.29, 0.717) is 24.8 Å². The highest BCUT2D eigenvalue weighted by Crippen LogP contribution is 2.15. The Bertz CT molecular complexity index is 538. The number of thioether (sulfide) groups is 1. The zero-order valence-electron chi connectivity index (χ0n) is 11.6.